The van der Waals surface area contributed by atoms with Crippen LogP contribution in [0.2, 0.25) is 0 Å². The van der Waals surface area contributed by atoms with Crippen LogP contribution in [0.1, 0.15) is 51.3 Å². The first-order valence-electron chi connectivity index (χ1n) is 5.71. The van der Waals surface area contributed by atoms with Gasteiger partial charge in [0.05, 0.1) is 0 Å². The Balaban J connectivity index is 0.000000379. The first-order chi connectivity index (χ1) is 6.88. The van der Waals surface area contributed by atoms with Gasteiger partial charge in [0.1, 0.15) is 0 Å². The lowest BCUT2D eigenvalue weighted by Gasteiger charge is -2.01. The molecule has 0 fully saturated rings. The minimum Gasteiger partial charge on any atom is -0.324 e. The fourth-order valence-corrected chi connectivity index (χ4v) is 1.59. The number of fused-ring (bicyclic) bond motifs is 1. The van der Waals surface area contributed by atoms with E-state index in [1.54, 1.807) is 0 Å². The standard InChI is InChI=1S/C9H11N.2C2H6/c10-9-6-5-7-3-1-2-4-8(7)9;2*1-2/h1-4,9H,5-6,10H2;2*1-2H3/t9-;;/m0../s1. The second-order valence-corrected chi connectivity index (χ2v) is 2.84. The Kier molecular flexibility index (Phi) is 7.13. The van der Waals surface area contributed by atoms with E-state index < -0.39 is 0 Å². The number of rotatable bonds is 0. The van der Waals surface area contributed by atoms with E-state index in [2.05, 4.69) is 24.3 Å². The van der Waals surface area contributed by atoms with E-state index in [0.717, 1.165) is 12.8 Å². The van der Waals surface area contributed by atoms with E-state index in [-0.39, 0.29) is 0 Å². The maximum absolute atomic E-state index is 5.85. The Morgan fingerprint density at radius 2 is 1.64 bits per heavy atom. The molecular weight excluding hydrogens is 170 g/mol. The Labute approximate surface area is 88.3 Å². The van der Waals surface area contributed by atoms with Crippen molar-refractivity contribution in [3.63, 3.8) is 0 Å². The molecule has 1 nitrogen and oxygen atoms in total. The average molecular weight is 193 g/mol. The number of hydrogen-bond acceptors (Lipinski definition) is 1. The van der Waals surface area contributed by atoms with Crippen molar-refractivity contribution in [2.24, 2.45) is 5.73 Å². The summed E-state index contributed by atoms with van der Waals surface area (Å²) in [6, 6.07) is 8.74. The van der Waals surface area contributed by atoms with Crippen LogP contribution in [0.5, 0.6) is 0 Å². The van der Waals surface area contributed by atoms with Gasteiger partial charge in [-0.3, -0.25) is 0 Å². The van der Waals surface area contributed by atoms with Gasteiger partial charge < -0.3 is 5.73 Å². The number of benzene rings is 1. The molecule has 1 aliphatic carbocycles. The third kappa shape index (κ3) is 3.15. The minimum absolute atomic E-state index is 0.302. The molecule has 0 aliphatic heterocycles. The highest BCUT2D eigenvalue weighted by Crippen LogP contribution is 2.28. The lowest BCUT2D eigenvalue weighted by molar-refractivity contribution is 0.713. The average Bonchev–Trinajstić information content (AvgIpc) is 2.67. The zero-order valence-electron chi connectivity index (χ0n) is 9.88. The molecular formula is C13H23N. The predicted octanol–water partition coefficient (Wildman–Crippen LogP) is 3.69. The molecule has 0 saturated carbocycles. The zero-order chi connectivity index (χ0) is 11.0. The van der Waals surface area contributed by atoms with Gasteiger partial charge in [-0.25, -0.2) is 0 Å². The minimum atomic E-state index is 0.302. The van der Waals surface area contributed by atoms with Crippen LogP contribution in [-0.4, -0.2) is 0 Å². The van der Waals surface area contributed by atoms with Gasteiger partial charge in [-0.1, -0.05) is 52.0 Å². The summed E-state index contributed by atoms with van der Waals surface area (Å²) in [5.41, 5.74) is 8.64. The van der Waals surface area contributed by atoms with Gasteiger partial charge in [-0.15, -0.1) is 0 Å². The monoisotopic (exact) mass is 193 g/mol. The van der Waals surface area contributed by atoms with Gasteiger partial charge in [0.25, 0.3) is 0 Å². The topological polar surface area (TPSA) is 26.0 Å². The van der Waals surface area contributed by atoms with Crippen LogP contribution in [0.15, 0.2) is 24.3 Å². The van der Waals surface area contributed by atoms with Crippen LogP contribution >= 0.6 is 0 Å². The van der Waals surface area contributed by atoms with Gasteiger partial charge in [0.15, 0.2) is 0 Å². The molecule has 0 unspecified atom stereocenters. The molecule has 0 amide bonds. The highest BCUT2D eigenvalue weighted by molar-refractivity contribution is 5.33. The van der Waals surface area contributed by atoms with E-state index in [1.807, 2.05) is 27.7 Å². The normalized spacial score (nSPS) is 17.1. The molecule has 0 saturated heterocycles. The first-order valence-corrected chi connectivity index (χ1v) is 5.71. The van der Waals surface area contributed by atoms with Gasteiger partial charge in [-0.05, 0) is 24.0 Å². The lowest BCUT2D eigenvalue weighted by atomic mass is 10.1. The van der Waals surface area contributed by atoms with Crippen molar-refractivity contribution in [2.45, 2.75) is 46.6 Å². The van der Waals surface area contributed by atoms with Crippen molar-refractivity contribution >= 4 is 0 Å². The van der Waals surface area contributed by atoms with E-state index in [1.165, 1.54) is 11.1 Å². The van der Waals surface area contributed by atoms with E-state index in [0.29, 0.717) is 6.04 Å². The summed E-state index contributed by atoms with van der Waals surface area (Å²) in [4.78, 5) is 0. The molecule has 0 bridgehead atoms. The molecule has 1 aromatic rings. The van der Waals surface area contributed by atoms with Gasteiger partial charge >= 0.3 is 0 Å². The third-order valence-corrected chi connectivity index (χ3v) is 2.18. The molecule has 1 heteroatoms. The third-order valence-electron chi connectivity index (χ3n) is 2.18. The molecule has 80 valence electrons. The molecule has 0 spiro atoms. The van der Waals surface area contributed by atoms with Crippen LogP contribution in [0, 0.1) is 0 Å². The van der Waals surface area contributed by atoms with Crippen molar-refractivity contribution in [2.75, 3.05) is 0 Å². The first kappa shape index (κ1) is 13.2. The summed E-state index contributed by atoms with van der Waals surface area (Å²) >= 11 is 0. The molecule has 2 N–H and O–H groups in total. The highest BCUT2D eigenvalue weighted by atomic mass is 14.6. The number of aryl methyl sites for hydroxylation is 1. The fraction of sp³-hybridized carbons (Fsp3) is 0.538. The number of hydrogen-bond donors (Lipinski definition) is 1. The van der Waals surface area contributed by atoms with Crippen molar-refractivity contribution in [1.29, 1.82) is 0 Å². The Bertz CT molecular complexity index is 243. The lowest BCUT2D eigenvalue weighted by Crippen LogP contribution is -2.04. The Hall–Kier alpha value is -0.820. The smallest absolute Gasteiger partial charge is 0.0300 e. The summed E-state index contributed by atoms with van der Waals surface area (Å²) in [5.74, 6) is 0. The zero-order valence-corrected chi connectivity index (χ0v) is 9.88. The van der Waals surface area contributed by atoms with Crippen LogP contribution in [0.3, 0.4) is 0 Å². The fourth-order valence-electron chi connectivity index (χ4n) is 1.59. The predicted molar refractivity (Wildman–Crippen MR) is 64.4 cm³/mol. The van der Waals surface area contributed by atoms with Crippen molar-refractivity contribution in [3.05, 3.63) is 35.4 Å². The molecule has 1 atom stereocenters. The SMILES string of the molecule is CC.CC.N[C@H]1CCc2ccccc21. The second-order valence-electron chi connectivity index (χ2n) is 2.84. The van der Waals surface area contributed by atoms with E-state index in [9.17, 15) is 0 Å². The van der Waals surface area contributed by atoms with Crippen molar-refractivity contribution in [1.82, 2.24) is 0 Å². The Morgan fingerprint density at radius 3 is 2.21 bits per heavy atom. The van der Waals surface area contributed by atoms with Crippen molar-refractivity contribution in [3.8, 4) is 0 Å². The molecule has 14 heavy (non-hydrogen) atoms. The van der Waals surface area contributed by atoms with E-state index >= 15 is 0 Å². The van der Waals surface area contributed by atoms with Gasteiger partial charge in [-0.2, -0.15) is 0 Å². The Morgan fingerprint density at radius 1 is 1.07 bits per heavy atom. The highest BCUT2D eigenvalue weighted by Gasteiger charge is 2.16. The molecule has 1 aromatic carbocycles. The summed E-state index contributed by atoms with van der Waals surface area (Å²) in [6.07, 6.45) is 2.29. The van der Waals surface area contributed by atoms with Crippen LogP contribution < -0.4 is 5.73 Å². The van der Waals surface area contributed by atoms with Crippen LogP contribution in [0.4, 0.5) is 0 Å². The molecule has 0 radical (unpaired) electrons. The summed E-state index contributed by atoms with van der Waals surface area (Å²) in [7, 11) is 0. The van der Waals surface area contributed by atoms with Gasteiger partial charge in [0, 0.05) is 6.04 Å². The maximum atomic E-state index is 5.85. The molecule has 1 aliphatic rings. The second kappa shape index (κ2) is 7.57. The molecule has 2 rings (SSSR count). The van der Waals surface area contributed by atoms with Crippen molar-refractivity contribution < 1.29 is 0 Å². The summed E-state index contributed by atoms with van der Waals surface area (Å²) in [6.45, 7) is 8.00. The van der Waals surface area contributed by atoms with Gasteiger partial charge in [0.2, 0.25) is 0 Å². The largest absolute Gasteiger partial charge is 0.324 e. The molecule has 0 aromatic heterocycles. The van der Waals surface area contributed by atoms with Crippen LogP contribution in [-0.2, 0) is 6.42 Å². The summed E-state index contributed by atoms with van der Waals surface area (Å²) < 4.78 is 0. The molecule has 0 heterocycles. The van der Waals surface area contributed by atoms with Crippen LogP contribution in [0.25, 0.3) is 0 Å². The summed E-state index contributed by atoms with van der Waals surface area (Å²) in [5, 5.41) is 0. The van der Waals surface area contributed by atoms with E-state index in [4.69, 9.17) is 5.73 Å². The quantitative estimate of drug-likeness (QED) is 0.668. The maximum Gasteiger partial charge on any atom is 0.0300 e. The number of nitrogens with two attached hydrogens (primary N) is 1.